The molecular weight excluding hydrogens is 138 g/mol. The molecule has 0 saturated carbocycles. The summed E-state index contributed by atoms with van der Waals surface area (Å²) in [5.74, 6) is 0.0613. The van der Waals surface area contributed by atoms with Crippen molar-refractivity contribution in [3.05, 3.63) is 41.2 Å². The number of hydrogen-bond acceptors (Lipinski definition) is 2. The summed E-state index contributed by atoms with van der Waals surface area (Å²) in [6.07, 6.45) is 1.61. The first kappa shape index (κ1) is 6.16. The van der Waals surface area contributed by atoms with Gasteiger partial charge in [0, 0.05) is 5.56 Å². The molecule has 1 aromatic carbocycles. The van der Waals surface area contributed by atoms with Crippen LogP contribution in [0.2, 0.25) is 0 Å². The quantitative estimate of drug-likeness (QED) is 0.575. The van der Waals surface area contributed by atoms with Crippen LogP contribution < -0.4 is 0 Å². The van der Waals surface area contributed by atoms with Crippen molar-refractivity contribution in [2.24, 2.45) is 0 Å². The Kier molecular flexibility index (Phi) is 1.09. The number of fused-ring (bicyclic) bond motifs is 1. The Hall–Kier alpha value is -1.57. The molecule has 2 rings (SSSR count). The fourth-order valence-corrected chi connectivity index (χ4v) is 1.21. The Bertz CT molecular complexity index is 352. The molecule has 0 fully saturated rings. The van der Waals surface area contributed by atoms with E-state index in [-0.39, 0.29) is 11.5 Å². The van der Waals surface area contributed by atoms with Gasteiger partial charge in [-0.25, -0.2) is 0 Å². The number of benzene rings is 1. The molecule has 0 saturated heterocycles. The van der Waals surface area contributed by atoms with Crippen LogP contribution >= 0.6 is 0 Å². The van der Waals surface area contributed by atoms with Crippen molar-refractivity contribution >= 4 is 11.8 Å². The standard InChI is InChI=1S/C9H7NO/c10-9-7-4-2-1-3-6(7)5-8(9)11/h1-5H,(H2,10,11). The van der Waals surface area contributed by atoms with E-state index in [4.69, 9.17) is 10.5 Å². The molecule has 0 amide bonds. The van der Waals surface area contributed by atoms with E-state index in [1.807, 2.05) is 24.3 Å². The summed E-state index contributed by atoms with van der Waals surface area (Å²) >= 11 is 0. The third-order valence-electron chi connectivity index (χ3n) is 1.78. The summed E-state index contributed by atoms with van der Waals surface area (Å²) in [5.41, 5.74) is 1.96. The second kappa shape index (κ2) is 1.95. The number of nitrogens with one attached hydrogen (secondary N) is 1. The van der Waals surface area contributed by atoms with E-state index in [0.29, 0.717) is 0 Å². The number of allylic oxidation sites excluding steroid dienone is 1. The molecule has 11 heavy (non-hydrogen) atoms. The first-order valence-electron chi connectivity index (χ1n) is 3.38. The Morgan fingerprint density at radius 1 is 1.18 bits per heavy atom. The van der Waals surface area contributed by atoms with Crippen LogP contribution in [0.1, 0.15) is 11.1 Å². The second-order valence-corrected chi connectivity index (χ2v) is 2.49. The number of aliphatic hydroxyl groups is 1. The van der Waals surface area contributed by atoms with E-state index >= 15 is 0 Å². The van der Waals surface area contributed by atoms with Gasteiger partial charge < -0.3 is 5.11 Å². The monoisotopic (exact) mass is 145 g/mol. The Morgan fingerprint density at radius 2 is 1.91 bits per heavy atom. The summed E-state index contributed by atoms with van der Waals surface area (Å²) in [5, 5.41) is 16.6. The summed E-state index contributed by atoms with van der Waals surface area (Å²) in [7, 11) is 0. The number of aliphatic hydroxyl groups excluding tert-OH is 1. The van der Waals surface area contributed by atoms with Crippen molar-refractivity contribution in [3.8, 4) is 0 Å². The molecule has 0 aliphatic heterocycles. The van der Waals surface area contributed by atoms with Crippen molar-refractivity contribution < 1.29 is 5.11 Å². The smallest absolute Gasteiger partial charge is 0.141 e. The maximum Gasteiger partial charge on any atom is 0.141 e. The van der Waals surface area contributed by atoms with Crippen LogP contribution in [0.25, 0.3) is 6.08 Å². The van der Waals surface area contributed by atoms with E-state index in [2.05, 4.69) is 0 Å². The number of rotatable bonds is 0. The van der Waals surface area contributed by atoms with Gasteiger partial charge in [-0.1, -0.05) is 24.3 Å². The molecule has 2 nitrogen and oxygen atoms in total. The molecule has 0 atom stereocenters. The SMILES string of the molecule is N=C1C(O)=Cc2ccccc21. The predicted octanol–water partition coefficient (Wildman–Crippen LogP) is 1.97. The topological polar surface area (TPSA) is 44.1 Å². The molecule has 54 valence electrons. The average Bonchev–Trinajstić information content (AvgIpc) is 2.30. The minimum atomic E-state index is 0.0613. The van der Waals surface area contributed by atoms with Gasteiger partial charge in [0.15, 0.2) is 0 Å². The Labute approximate surface area is 64.3 Å². The van der Waals surface area contributed by atoms with Gasteiger partial charge in [0.25, 0.3) is 0 Å². The largest absolute Gasteiger partial charge is 0.506 e. The molecule has 2 heteroatoms. The Balaban J connectivity index is 2.67. The zero-order valence-electron chi connectivity index (χ0n) is 5.83. The van der Waals surface area contributed by atoms with Crippen molar-refractivity contribution in [1.82, 2.24) is 0 Å². The lowest BCUT2D eigenvalue weighted by molar-refractivity contribution is 0.449. The van der Waals surface area contributed by atoms with E-state index in [0.717, 1.165) is 11.1 Å². The van der Waals surface area contributed by atoms with Gasteiger partial charge in [0.05, 0.1) is 0 Å². The minimum Gasteiger partial charge on any atom is -0.506 e. The molecule has 0 radical (unpaired) electrons. The lowest BCUT2D eigenvalue weighted by Crippen LogP contribution is -1.96. The van der Waals surface area contributed by atoms with E-state index in [1.54, 1.807) is 6.08 Å². The highest BCUT2D eigenvalue weighted by Gasteiger charge is 2.16. The lowest BCUT2D eigenvalue weighted by Gasteiger charge is -1.95. The predicted molar refractivity (Wildman–Crippen MR) is 43.9 cm³/mol. The highest BCUT2D eigenvalue weighted by Crippen LogP contribution is 2.22. The van der Waals surface area contributed by atoms with Gasteiger partial charge in [-0.05, 0) is 11.6 Å². The normalized spacial score (nSPS) is 14.5. The van der Waals surface area contributed by atoms with Crippen LogP contribution in [0.15, 0.2) is 30.0 Å². The van der Waals surface area contributed by atoms with Crippen LogP contribution in [-0.2, 0) is 0 Å². The maximum atomic E-state index is 9.16. The second-order valence-electron chi connectivity index (χ2n) is 2.49. The minimum absolute atomic E-state index is 0.0613. The van der Waals surface area contributed by atoms with Crippen LogP contribution in [0, 0.1) is 5.41 Å². The van der Waals surface area contributed by atoms with Crippen molar-refractivity contribution in [2.45, 2.75) is 0 Å². The maximum absolute atomic E-state index is 9.16. The average molecular weight is 145 g/mol. The van der Waals surface area contributed by atoms with Crippen LogP contribution in [0.5, 0.6) is 0 Å². The summed E-state index contributed by atoms with van der Waals surface area (Å²) in [6, 6.07) is 7.46. The molecule has 2 N–H and O–H groups in total. The third-order valence-corrected chi connectivity index (χ3v) is 1.78. The fourth-order valence-electron chi connectivity index (χ4n) is 1.21. The summed E-state index contributed by atoms with van der Waals surface area (Å²) < 4.78 is 0. The summed E-state index contributed by atoms with van der Waals surface area (Å²) in [6.45, 7) is 0. The van der Waals surface area contributed by atoms with Crippen molar-refractivity contribution in [3.63, 3.8) is 0 Å². The van der Waals surface area contributed by atoms with Gasteiger partial charge in [-0.2, -0.15) is 0 Å². The molecular formula is C9H7NO. The van der Waals surface area contributed by atoms with Crippen molar-refractivity contribution in [2.75, 3.05) is 0 Å². The molecule has 1 aliphatic rings. The van der Waals surface area contributed by atoms with Crippen LogP contribution in [0.4, 0.5) is 0 Å². The first-order chi connectivity index (χ1) is 5.29. The zero-order valence-corrected chi connectivity index (χ0v) is 5.83. The third kappa shape index (κ3) is 0.759. The molecule has 0 aromatic heterocycles. The van der Waals surface area contributed by atoms with E-state index in [1.165, 1.54) is 0 Å². The van der Waals surface area contributed by atoms with Gasteiger partial charge in [0.1, 0.15) is 11.5 Å². The van der Waals surface area contributed by atoms with Crippen LogP contribution in [0.3, 0.4) is 0 Å². The summed E-state index contributed by atoms with van der Waals surface area (Å²) in [4.78, 5) is 0. The molecule has 1 aliphatic carbocycles. The van der Waals surface area contributed by atoms with Gasteiger partial charge >= 0.3 is 0 Å². The lowest BCUT2D eigenvalue weighted by atomic mass is 10.1. The molecule has 1 aromatic rings. The Morgan fingerprint density at radius 3 is 2.64 bits per heavy atom. The van der Waals surface area contributed by atoms with Gasteiger partial charge in [0.2, 0.25) is 0 Å². The molecule has 0 bridgehead atoms. The molecule has 0 spiro atoms. The number of hydrogen-bond donors (Lipinski definition) is 2. The highest BCUT2D eigenvalue weighted by atomic mass is 16.3. The zero-order chi connectivity index (χ0) is 7.84. The highest BCUT2D eigenvalue weighted by molar-refractivity contribution is 6.17. The van der Waals surface area contributed by atoms with Gasteiger partial charge in [-0.15, -0.1) is 0 Å². The fraction of sp³-hybridized carbons (Fsp3) is 0. The van der Waals surface area contributed by atoms with Crippen LogP contribution in [-0.4, -0.2) is 10.8 Å². The molecule has 0 unspecified atom stereocenters. The van der Waals surface area contributed by atoms with E-state index < -0.39 is 0 Å². The first-order valence-corrected chi connectivity index (χ1v) is 3.38. The molecule has 0 heterocycles. The van der Waals surface area contributed by atoms with Gasteiger partial charge in [-0.3, -0.25) is 5.41 Å². The van der Waals surface area contributed by atoms with E-state index in [9.17, 15) is 0 Å². The van der Waals surface area contributed by atoms with Crippen molar-refractivity contribution in [1.29, 1.82) is 5.41 Å².